The number of para-hydroxylation sites is 1. The Morgan fingerprint density at radius 1 is 0.938 bits per heavy atom. The van der Waals surface area contributed by atoms with Gasteiger partial charge < -0.3 is 4.42 Å². The monoisotopic (exact) mass is 484 g/mol. The molecule has 160 valence electrons. The minimum atomic E-state index is -4.02. The SMILES string of the molecule is O=C(Nc1nnc(S(=O)(=O)Nc2ccc3c(c2)oc2ccccc23)s1)c1ccccc1Cl. The molecule has 0 saturated heterocycles. The summed E-state index contributed by atoms with van der Waals surface area (Å²) in [6.07, 6.45) is 0. The molecule has 2 aromatic heterocycles. The van der Waals surface area contributed by atoms with Gasteiger partial charge in [-0.3, -0.25) is 14.8 Å². The number of hydrogen-bond acceptors (Lipinski definition) is 7. The van der Waals surface area contributed by atoms with Crippen molar-refractivity contribution < 1.29 is 17.6 Å². The molecule has 0 fully saturated rings. The van der Waals surface area contributed by atoms with Crippen LogP contribution in [0.2, 0.25) is 5.02 Å². The fourth-order valence-corrected chi connectivity index (χ4v) is 5.33. The third-order valence-electron chi connectivity index (χ3n) is 4.61. The number of anilines is 2. The van der Waals surface area contributed by atoms with Crippen molar-refractivity contribution in [3.05, 3.63) is 77.3 Å². The molecule has 2 heterocycles. The molecule has 0 saturated carbocycles. The lowest BCUT2D eigenvalue weighted by Crippen LogP contribution is -2.12. The normalized spacial score (nSPS) is 11.7. The molecule has 3 aromatic carbocycles. The van der Waals surface area contributed by atoms with Gasteiger partial charge in [0.25, 0.3) is 20.3 Å². The molecule has 0 unspecified atom stereocenters. The number of benzene rings is 3. The van der Waals surface area contributed by atoms with Crippen LogP contribution in [0.15, 0.2) is 75.5 Å². The van der Waals surface area contributed by atoms with Crippen LogP contribution in [0.5, 0.6) is 0 Å². The average molecular weight is 485 g/mol. The molecular weight excluding hydrogens is 472 g/mol. The first-order chi connectivity index (χ1) is 15.4. The van der Waals surface area contributed by atoms with E-state index in [-0.39, 0.29) is 20.1 Å². The minimum absolute atomic E-state index is 0.0306. The topological polar surface area (TPSA) is 114 Å². The molecule has 2 N–H and O–H groups in total. The van der Waals surface area contributed by atoms with Gasteiger partial charge in [0.2, 0.25) is 5.13 Å². The van der Waals surface area contributed by atoms with Gasteiger partial charge in [0.1, 0.15) is 11.2 Å². The molecule has 0 aliphatic rings. The molecule has 0 spiro atoms. The van der Waals surface area contributed by atoms with Crippen molar-refractivity contribution in [3.63, 3.8) is 0 Å². The second-order valence-electron chi connectivity index (χ2n) is 6.72. The molecule has 0 bridgehead atoms. The predicted octanol–water partition coefficient (Wildman–Crippen LogP) is 5.14. The first kappa shape index (κ1) is 20.4. The number of fused-ring (bicyclic) bond motifs is 3. The van der Waals surface area contributed by atoms with Crippen LogP contribution in [0.4, 0.5) is 10.8 Å². The summed E-state index contributed by atoms with van der Waals surface area (Å²) in [6.45, 7) is 0. The molecule has 1 amide bonds. The van der Waals surface area contributed by atoms with Crippen LogP contribution in [0.1, 0.15) is 10.4 Å². The Morgan fingerprint density at radius 3 is 2.53 bits per heavy atom. The van der Waals surface area contributed by atoms with Crippen molar-refractivity contribution in [1.29, 1.82) is 0 Å². The zero-order chi connectivity index (χ0) is 22.3. The van der Waals surface area contributed by atoms with E-state index in [0.717, 1.165) is 22.1 Å². The Hall–Kier alpha value is -3.47. The Bertz CT molecular complexity index is 1590. The summed E-state index contributed by atoms with van der Waals surface area (Å²) < 4.78 is 33.5. The molecular formula is C21H13ClN4O4S2. The number of nitrogens with one attached hydrogen (secondary N) is 2. The van der Waals surface area contributed by atoms with E-state index in [4.69, 9.17) is 16.0 Å². The summed E-state index contributed by atoms with van der Waals surface area (Å²) in [5.74, 6) is -0.515. The van der Waals surface area contributed by atoms with Gasteiger partial charge in [-0.1, -0.05) is 53.3 Å². The summed E-state index contributed by atoms with van der Waals surface area (Å²) in [4.78, 5) is 12.4. The number of aromatic nitrogens is 2. The maximum absolute atomic E-state index is 12.8. The van der Waals surface area contributed by atoms with Crippen LogP contribution < -0.4 is 10.0 Å². The highest BCUT2D eigenvalue weighted by Gasteiger charge is 2.22. The van der Waals surface area contributed by atoms with Gasteiger partial charge >= 0.3 is 0 Å². The maximum atomic E-state index is 12.8. The summed E-state index contributed by atoms with van der Waals surface area (Å²) in [6, 6.07) is 19.1. The maximum Gasteiger partial charge on any atom is 0.291 e. The first-order valence-electron chi connectivity index (χ1n) is 9.24. The van der Waals surface area contributed by atoms with E-state index in [1.807, 2.05) is 24.3 Å². The smallest absolute Gasteiger partial charge is 0.291 e. The Balaban J connectivity index is 1.37. The van der Waals surface area contributed by atoms with Crippen molar-refractivity contribution in [2.75, 3.05) is 10.0 Å². The van der Waals surface area contributed by atoms with Crippen molar-refractivity contribution in [2.45, 2.75) is 4.34 Å². The van der Waals surface area contributed by atoms with E-state index in [9.17, 15) is 13.2 Å². The summed E-state index contributed by atoms with van der Waals surface area (Å²) >= 11 is 6.74. The molecule has 11 heteroatoms. The third kappa shape index (κ3) is 3.79. The quantitative estimate of drug-likeness (QED) is 0.334. The van der Waals surface area contributed by atoms with Crippen LogP contribution >= 0.6 is 22.9 Å². The van der Waals surface area contributed by atoms with Crippen molar-refractivity contribution in [1.82, 2.24) is 10.2 Å². The number of carbonyl (C=O) groups is 1. The van der Waals surface area contributed by atoms with Gasteiger partial charge in [-0.2, -0.15) is 8.42 Å². The highest BCUT2D eigenvalue weighted by atomic mass is 35.5. The average Bonchev–Trinajstić information content (AvgIpc) is 3.38. The Morgan fingerprint density at radius 2 is 1.69 bits per heavy atom. The zero-order valence-electron chi connectivity index (χ0n) is 16.1. The molecule has 0 aliphatic heterocycles. The number of amides is 1. The number of furan rings is 1. The number of sulfonamides is 1. The van der Waals surface area contributed by atoms with Crippen LogP contribution in [0.25, 0.3) is 21.9 Å². The van der Waals surface area contributed by atoms with Gasteiger partial charge in [-0.25, -0.2) is 0 Å². The van der Waals surface area contributed by atoms with Crippen molar-refractivity contribution in [2.24, 2.45) is 0 Å². The van der Waals surface area contributed by atoms with E-state index in [1.54, 1.807) is 42.5 Å². The van der Waals surface area contributed by atoms with Gasteiger partial charge in [-0.05, 0) is 30.3 Å². The molecule has 0 radical (unpaired) electrons. The number of nitrogens with zero attached hydrogens (tertiary/aromatic N) is 2. The second kappa shape index (κ2) is 7.90. The minimum Gasteiger partial charge on any atom is -0.456 e. The van der Waals surface area contributed by atoms with Gasteiger partial charge in [-0.15, -0.1) is 10.2 Å². The van der Waals surface area contributed by atoms with E-state index < -0.39 is 15.9 Å². The fourth-order valence-electron chi connectivity index (χ4n) is 3.17. The summed E-state index contributed by atoms with van der Waals surface area (Å²) in [5, 5.41) is 12.1. The van der Waals surface area contributed by atoms with Gasteiger partial charge in [0.05, 0.1) is 16.3 Å². The zero-order valence-corrected chi connectivity index (χ0v) is 18.5. The van der Waals surface area contributed by atoms with Gasteiger partial charge in [0.15, 0.2) is 0 Å². The molecule has 5 aromatic rings. The van der Waals surface area contributed by atoms with E-state index in [2.05, 4.69) is 20.2 Å². The van der Waals surface area contributed by atoms with E-state index in [1.165, 1.54) is 0 Å². The summed E-state index contributed by atoms with van der Waals surface area (Å²) in [7, 11) is -4.02. The van der Waals surface area contributed by atoms with Crippen LogP contribution in [0, 0.1) is 0 Å². The number of carbonyl (C=O) groups excluding carboxylic acids is 1. The third-order valence-corrected chi connectivity index (χ3v) is 7.52. The standard InChI is InChI=1S/C21H13ClN4O4S2/c22-16-7-3-1-6-15(16)19(27)23-20-24-25-21(31-20)32(28,29)26-12-9-10-14-13-5-2-4-8-17(13)30-18(14)11-12/h1-11,26H,(H,23,24,27). The lowest BCUT2D eigenvalue weighted by atomic mass is 10.1. The highest BCUT2D eigenvalue weighted by Crippen LogP contribution is 2.31. The van der Waals surface area contributed by atoms with Crippen molar-refractivity contribution >= 4 is 71.6 Å². The van der Waals surface area contributed by atoms with Crippen molar-refractivity contribution in [3.8, 4) is 0 Å². The molecule has 8 nitrogen and oxygen atoms in total. The van der Waals surface area contributed by atoms with Crippen LogP contribution in [-0.4, -0.2) is 24.5 Å². The molecule has 0 atom stereocenters. The van der Waals surface area contributed by atoms with E-state index >= 15 is 0 Å². The Kier molecular flexibility index (Phi) is 5.04. The fraction of sp³-hybridized carbons (Fsp3) is 0. The predicted molar refractivity (Wildman–Crippen MR) is 124 cm³/mol. The van der Waals surface area contributed by atoms with Crippen LogP contribution in [0.3, 0.4) is 0 Å². The number of hydrogen-bond donors (Lipinski definition) is 2. The molecule has 5 rings (SSSR count). The van der Waals surface area contributed by atoms with Gasteiger partial charge in [0, 0.05) is 16.8 Å². The lowest BCUT2D eigenvalue weighted by Gasteiger charge is -2.05. The largest absolute Gasteiger partial charge is 0.456 e. The number of halogens is 1. The van der Waals surface area contributed by atoms with E-state index in [0.29, 0.717) is 16.9 Å². The molecule has 0 aliphatic carbocycles. The lowest BCUT2D eigenvalue weighted by molar-refractivity contribution is 0.102. The second-order valence-corrected chi connectivity index (χ2v) is 9.96. The Labute approximate surface area is 190 Å². The molecule has 32 heavy (non-hydrogen) atoms. The summed E-state index contributed by atoms with van der Waals surface area (Å²) in [5.41, 5.74) is 1.82. The first-order valence-corrected chi connectivity index (χ1v) is 11.9. The number of rotatable bonds is 5. The van der Waals surface area contributed by atoms with Crippen LogP contribution in [-0.2, 0) is 10.0 Å². The highest BCUT2D eigenvalue weighted by molar-refractivity contribution is 7.94.